The molecular weight excluding hydrogens is 316 g/mol. The van der Waals surface area contributed by atoms with Gasteiger partial charge in [0.15, 0.2) is 0 Å². The number of rotatable bonds is 2. The van der Waals surface area contributed by atoms with Crippen LogP contribution in [0.5, 0.6) is 0 Å². The second-order valence-corrected chi connectivity index (χ2v) is 6.87. The molecule has 0 radical (unpaired) electrons. The second-order valence-electron chi connectivity index (χ2n) is 6.01. The molecule has 4 heteroatoms. The first kappa shape index (κ1) is 14.4. The van der Waals surface area contributed by atoms with Gasteiger partial charge in [0.05, 0.1) is 6.10 Å². The van der Waals surface area contributed by atoms with Crippen molar-refractivity contribution in [3.05, 3.63) is 28.2 Å². The van der Waals surface area contributed by atoms with Gasteiger partial charge in [-0.2, -0.15) is 0 Å². The van der Waals surface area contributed by atoms with Gasteiger partial charge in [0.2, 0.25) is 0 Å². The van der Waals surface area contributed by atoms with Crippen LogP contribution in [-0.4, -0.2) is 42.2 Å². The molecule has 1 aromatic carbocycles. The first-order chi connectivity index (χ1) is 9.65. The van der Waals surface area contributed by atoms with Gasteiger partial charge >= 0.3 is 0 Å². The molecule has 1 aromatic rings. The van der Waals surface area contributed by atoms with Crippen molar-refractivity contribution >= 4 is 21.6 Å². The zero-order valence-corrected chi connectivity index (χ0v) is 13.6. The number of aliphatic hydroxyl groups is 1. The molecule has 2 aliphatic heterocycles. The predicted octanol–water partition coefficient (Wildman–Crippen LogP) is 3.18. The number of hydrogen-bond acceptors (Lipinski definition) is 3. The second kappa shape index (κ2) is 6.04. The molecule has 110 valence electrons. The quantitative estimate of drug-likeness (QED) is 0.897. The molecule has 2 atom stereocenters. The van der Waals surface area contributed by atoms with Crippen molar-refractivity contribution in [1.29, 1.82) is 0 Å². The summed E-state index contributed by atoms with van der Waals surface area (Å²) in [6, 6.07) is 7.08. The summed E-state index contributed by atoms with van der Waals surface area (Å²) >= 11 is 3.59. The number of benzene rings is 1. The zero-order chi connectivity index (χ0) is 14.1. The molecule has 0 aliphatic carbocycles. The Morgan fingerprint density at radius 1 is 1.25 bits per heavy atom. The average Bonchev–Trinajstić information content (AvgIpc) is 2.75. The molecule has 0 saturated carbocycles. The Morgan fingerprint density at radius 2 is 2.05 bits per heavy atom. The highest BCUT2D eigenvalue weighted by molar-refractivity contribution is 9.10. The third-order valence-electron chi connectivity index (χ3n) is 4.60. The van der Waals surface area contributed by atoms with E-state index in [0.717, 1.165) is 29.2 Å². The van der Waals surface area contributed by atoms with Crippen LogP contribution < -0.4 is 4.90 Å². The van der Waals surface area contributed by atoms with Crippen LogP contribution in [0.15, 0.2) is 22.7 Å². The number of nitrogens with zero attached hydrogens (tertiary/aromatic N) is 2. The number of anilines is 1. The Kier molecular flexibility index (Phi) is 4.34. The van der Waals surface area contributed by atoms with Crippen LogP contribution in [0.4, 0.5) is 5.69 Å². The van der Waals surface area contributed by atoms with Gasteiger partial charge in [-0.15, -0.1) is 0 Å². The third kappa shape index (κ3) is 2.87. The zero-order valence-electron chi connectivity index (χ0n) is 12.1. The first-order valence-electron chi connectivity index (χ1n) is 7.61. The van der Waals surface area contributed by atoms with Gasteiger partial charge in [0.25, 0.3) is 0 Å². The van der Waals surface area contributed by atoms with E-state index in [0.29, 0.717) is 0 Å². The SMILES string of the molecule is C[C@H](O)c1ccc(N2CCCN3CCCC3C2)cc1Br. The van der Waals surface area contributed by atoms with Crippen LogP contribution in [-0.2, 0) is 0 Å². The van der Waals surface area contributed by atoms with Gasteiger partial charge in [-0.25, -0.2) is 0 Å². The molecule has 2 aliphatic rings. The minimum absolute atomic E-state index is 0.423. The lowest BCUT2D eigenvalue weighted by Gasteiger charge is -2.28. The molecule has 0 amide bonds. The molecule has 1 unspecified atom stereocenters. The maximum absolute atomic E-state index is 9.72. The summed E-state index contributed by atoms with van der Waals surface area (Å²) in [6.45, 7) is 6.60. The molecule has 0 spiro atoms. The monoisotopic (exact) mass is 338 g/mol. The average molecular weight is 339 g/mol. The summed E-state index contributed by atoms with van der Waals surface area (Å²) in [7, 11) is 0. The molecule has 0 bridgehead atoms. The fourth-order valence-electron chi connectivity index (χ4n) is 3.49. The Labute approximate surface area is 129 Å². The highest BCUT2D eigenvalue weighted by atomic mass is 79.9. The maximum Gasteiger partial charge on any atom is 0.0772 e. The van der Waals surface area contributed by atoms with Crippen LogP contribution in [0.3, 0.4) is 0 Å². The Morgan fingerprint density at radius 3 is 2.80 bits per heavy atom. The van der Waals surface area contributed by atoms with E-state index in [1.807, 2.05) is 13.0 Å². The Hall–Kier alpha value is -0.580. The van der Waals surface area contributed by atoms with Crippen LogP contribution in [0.25, 0.3) is 0 Å². The van der Waals surface area contributed by atoms with Gasteiger partial charge in [-0.05, 0) is 50.4 Å². The highest BCUT2D eigenvalue weighted by Crippen LogP contribution is 2.30. The van der Waals surface area contributed by atoms with Crippen LogP contribution in [0, 0.1) is 0 Å². The molecule has 2 fully saturated rings. The van der Waals surface area contributed by atoms with Crippen molar-refractivity contribution in [2.75, 3.05) is 31.1 Å². The van der Waals surface area contributed by atoms with E-state index in [9.17, 15) is 5.11 Å². The number of hydrogen-bond donors (Lipinski definition) is 1. The third-order valence-corrected chi connectivity index (χ3v) is 5.29. The standard InChI is InChI=1S/C16H23BrN2O/c1-12(20)15-6-5-13(10-16(15)17)19-9-3-8-18-7-2-4-14(18)11-19/h5-6,10,12,14,20H,2-4,7-9,11H2,1H3/t12-,14?/m0/s1. The fraction of sp³-hybridized carbons (Fsp3) is 0.625. The minimum Gasteiger partial charge on any atom is -0.389 e. The van der Waals surface area contributed by atoms with E-state index in [2.05, 4.69) is 37.9 Å². The van der Waals surface area contributed by atoms with Crippen molar-refractivity contribution < 1.29 is 5.11 Å². The highest BCUT2D eigenvalue weighted by Gasteiger charge is 2.28. The molecule has 3 nitrogen and oxygen atoms in total. The topological polar surface area (TPSA) is 26.7 Å². The molecule has 20 heavy (non-hydrogen) atoms. The normalized spacial score (nSPS) is 25.4. The first-order valence-corrected chi connectivity index (χ1v) is 8.41. The lowest BCUT2D eigenvalue weighted by atomic mass is 10.1. The van der Waals surface area contributed by atoms with Crippen LogP contribution in [0.2, 0.25) is 0 Å². The van der Waals surface area contributed by atoms with Crippen molar-refractivity contribution in [2.45, 2.75) is 38.3 Å². The van der Waals surface area contributed by atoms with Gasteiger partial charge in [0.1, 0.15) is 0 Å². The van der Waals surface area contributed by atoms with E-state index in [1.54, 1.807) is 0 Å². The van der Waals surface area contributed by atoms with E-state index in [-0.39, 0.29) is 0 Å². The van der Waals surface area contributed by atoms with Crippen molar-refractivity contribution in [3.63, 3.8) is 0 Å². The summed E-state index contributed by atoms with van der Waals surface area (Å²) in [5.41, 5.74) is 2.24. The number of halogens is 1. The van der Waals surface area contributed by atoms with E-state index >= 15 is 0 Å². The summed E-state index contributed by atoms with van der Waals surface area (Å²) in [6.07, 6.45) is 3.51. The van der Waals surface area contributed by atoms with E-state index in [4.69, 9.17) is 0 Å². The van der Waals surface area contributed by atoms with Crippen molar-refractivity contribution in [2.24, 2.45) is 0 Å². The molecule has 1 N–H and O–H groups in total. The van der Waals surface area contributed by atoms with E-state index < -0.39 is 6.10 Å². The van der Waals surface area contributed by atoms with Gasteiger partial charge in [0, 0.05) is 35.8 Å². The fourth-order valence-corrected chi connectivity index (χ4v) is 4.19. The van der Waals surface area contributed by atoms with Crippen LogP contribution >= 0.6 is 15.9 Å². The van der Waals surface area contributed by atoms with Gasteiger partial charge in [-0.1, -0.05) is 22.0 Å². The summed E-state index contributed by atoms with van der Waals surface area (Å²) in [5, 5.41) is 9.72. The Bertz CT molecular complexity index is 478. The van der Waals surface area contributed by atoms with E-state index in [1.165, 1.54) is 38.0 Å². The predicted molar refractivity (Wildman–Crippen MR) is 86.2 cm³/mol. The number of aliphatic hydroxyl groups excluding tert-OH is 1. The summed E-state index contributed by atoms with van der Waals surface area (Å²) < 4.78 is 1.01. The van der Waals surface area contributed by atoms with Crippen molar-refractivity contribution in [3.8, 4) is 0 Å². The largest absolute Gasteiger partial charge is 0.389 e. The lowest BCUT2D eigenvalue weighted by Crippen LogP contribution is -2.36. The maximum atomic E-state index is 9.72. The minimum atomic E-state index is -0.423. The summed E-state index contributed by atoms with van der Waals surface area (Å²) in [5.74, 6) is 0. The van der Waals surface area contributed by atoms with Gasteiger partial charge in [-0.3, -0.25) is 4.90 Å². The molecular formula is C16H23BrN2O. The summed E-state index contributed by atoms with van der Waals surface area (Å²) in [4.78, 5) is 5.16. The van der Waals surface area contributed by atoms with Gasteiger partial charge < -0.3 is 10.0 Å². The smallest absolute Gasteiger partial charge is 0.0772 e. The lowest BCUT2D eigenvalue weighted by molar-refractivity contribution is 0.198. The molecule has 2 saturated heterocycles. The molecule has 0 aromatic heterocycles. The molecule has 3 rings (SSSR count). The molecule has 2 heterocycles. The van der Waals surface area contributed by atoms with Crippen LogP contribution in [0.1, 0.15) is 37.9 Å². The Balaban J connectivity index is 1.79. The number of fused-ring (bicyclic) bond motifs is 1. The van der Waals surface area contributed by atoms with Crippen molar-refractivity contribution in [1.82, 2.24) is 4.90 Å².